The molecule has 6 bridgehead atoms. The Kier molecular flexibility index (Phi) is 16.3. The van der Waals surface area contributed by atoms with E-state index in [4.69, 9.17) is 14.2 Å². The van der Waals surface area contributed by atoms with Crippen LogP contribution in [0, 0.1) is 29.8 Å². The molecule has 5 aromatic rings. The summed E-state index contributed by atoms with van der Waals surface area (Å²) in [4.78, 5) is 13.9. The fourth-order valence-corrected chi connectivity index (χ4v) is 10.3. The molecule has 0 amide bonds. The monoisotopic (exact) mass is 947 g/mol. The summed E-state index contributed by atoms with van der Waals surface area (Å²) in [5.41, 5.74) is 7.01. The van der Waals surface area contributed by atoms with Gasteiger partial charge in [0.2, 0.25) is 0 Å². The van der Waals surface area contributed by atoms with E-state index in [1.165, 1.54) is 0 Å². The zero-order valence-electron chi connectivity index (χ0n) is 40.2. The van der Waals surface area contributed by atoms with Crippen LogP contribution in [0.4, 0.5) is 5.69 Å². The first-order valence-electron chi connectivity index (χ1n) is 24.5. The van der Waals surface area contributed by atoms with Gasteiger partial charge in [0, 0.05) is 54.2 Å². The van der Waals surface area contributed by atoms with Crippen molar-refractivity contribution < 1.29 is 49.6 Å². The number of hydrogen-bond acceptors (Lipinski definition) is 11. The number of phenols is 1. The molecule has 0 saturated carbocycles. The second-order valence-corrected chi connectivity index (χ2v) is 19.2. The summed E-state index contributed by atoms with van der Waals surface area (Å²) in [7, 11) is 1.55. The third-order valence-electron chi connectivity index (χ3n) is 14.2. The van der Waals surface area contributed by atoms with E-state index in [-0.39, 0.29) is 85.0 Å². The molecule has 7 N–H and O–H groups in total. The van der Waals surface area contributed by atoms with Crippen LogP contribution in [0.3, 0.4) is 0 Å². The standard InChI is InChI=1S/C59H65NO10/c1-36-14-22-49-53-35-70-57-28-40(18-23-56(57)68-3)17-20-46(64)31-47(69-24-8-13-48-51(32-52(53)59(66)67)58(49)50(36)33-55(48)65)30-43-29-45(63)21-19-42(43)25-41(34-61)16-15-39-11-7-12-44(26-39)60-54(37(2)62)27-38-9-5-4-6-10-38/h4-7,9-12,14,18-19,21-23,26,28-29,32-33,36-37,41-43,47,54,59-63,65-67H,13,15-17,20,25,27,30-31,34-35H2,1-3H3. The minimum Gasteiger partial charge on any atom is -0.508 e. The number of anilines is 1. The number of carbonyl (C=O) groups is 1. The van der Waals surface area contributed by atoms with Crippen LogP contribution in [0.2, 0.25) is 0 Å². The van der Waals surface area contributed by atoms with Gasteiger partial charge in [0.15, 0.2) is 17.8 Å². The van der Waals surface area contributed by atoms with Gasteiger partial charge >= 0.3 is 0 Å². The molecular formula is C59H65NO10. The maximum absolute atomic E-state index is 13.9. The average Bonchev–Trinajstić information content (AvgIpc) is 3.35. The molecule has 0 spiro atoms. The SMILES string of the molecule is COc1ccc2cc1OCc1c(C(O)O)cc3c(c(O)cc4c3c1C=CC4C)CC#COC(CC1C=C(O)C=CC1CC(CO)CCc1cccc(NC(Cc3ccccc3)C(C)O)c1)CC(=O)CC2. The molecule has 9 rings (SSSR count). The van der Waals surface area contributed by atoms with E-state index in [2.05, 4.69) is 41.6 Å². The van der Waals surface area contributed by atoms with E-state index in [9.17, 15) is 35.4 Å². The van der Waals surface area contributed by atoms with Crippen molar-refractivity contribution in [2.24, 2.45) is 17.8 Å². The van der Waals surface area contributed by atoms with Gasteiger partial charge in [-0.1, -0.05) is 79.6 Å². The lowest BCUT2D eigenvalue weighted by molar-refractivity contribution is -0.121. The molecule has 0 aromatic heterocycles. The highest BCUT2D eigenvalue weighted by Gasteiger charge is 2.30. The number of Topliss-reactive ketones (excluding diaryl/α,β-unsaturated/α-hetero) is 1. The number of fused-ring (bicyclic) bond motifs is 9. The third kappa shape index (κ3) is 12.1. The van der Waals surface area contributed by atoms with Gasteiger partial charge in [-0.25, -0.2) is 0 Å². The fraction of sp³-hybridized carbons (Fsp3) is 0.373. The highest BCUT2D eigenvalue weighted by atomic mass is 16.5. The Morgan fingerprint density at radius 3 is 2.49 bits per heavy atom. The van der Waals surface area contributed by atoms with Crippen molar-refractivity contribution in [2.75, 3.05) is 19.0 Å². The molecule has 2 heterocycles. The van der Waals surface area contributed by atoms with Crippen LogP contribution in [0.15, 0.2) is 115 Å². The van der Waals surface area contributed by atoms with E-state index in [0.717, 1.165) is 51.7 Å². The molecule has 5 aromatic carbocycles. The number of allylic oxidation sites excluding steroid dienone is 4. The zero-order chi connectivity index (χ0) is 49.3. The molecule has 2 aliphatic heterocycles. The Morgan fingerprint density at radius 2 is 1.71 bits per heavy atom. The van der Waals surface area contributed by atoms with Crippen LogP contribution in [-0.2, 0) is 41.8 Å². The number of ketones is 1. The lowest BCUT2D eigenvalue weighted by Gasteiger charge is -2.30. The average molecular weight is 948 g/mol. The summed E-state index contributed by atoms with van der Waals surface area (Å²) in [6.07, 6.45) is 13.2. The summed E-state index contributed by atoms with van der Waals surface area (Å²) in [5.74, 6) is 3.76. The van der Waals surface area contributed by atoms with Crippen LogP contribution >= 0.6 is 0 Å². The van der Waals surface area contributed by atoms with Crippen molar-refractivity contribution in [1.82, 2.24) is 0 Å². The molecule has 11 heteroatoms. The summed E-state index contributed by atoms with van der Waals surface area (Å²) in [5, 5.41) is 70.2. The van der Waals surface area contributed by atoms with Crippen molar-refractivity contribution in [2.45, 2.75) is 109 Å². The molecule has 7 atom stereocenters. The molecule has 366 valence electrons. The number of methoxy groups -OCH3 is 1. The number of aryl methyl sites for hydroxylation is 2. The number of rotatable bonds is 15. The maximum Gasteiger partial charge on any atom is 0.178 e. The zero-order valence-corrected chi connectivity index (χ0v) is 40.2. The Morgan fingerprint density at radius 1 is 0.900 bits per heavy atom. The molecule has 0 fully saturated rings. The van der Waals surface area contributed by atoms with Gasteiger partial charge in [-0.05, 0) is 150 Å². The van der Waals surface area contributed by atoms with Crippen molar-refractivity contribution in [3.63, 3.8) is 0 Å². The predicted octanol–water partition coefficient (Wildman–Crippen LogP) is 9.71. The molecule has 2 aliphatic carbocycles. The number of aliphatic hydroxyl groups is 5. The lowest BCUT2D eigenvalue weighted by Crippen LogP contribution is -2.33. The summed E-state index contributed by atoms with van der Waals surface area (Å²) in [6, 6.07) is 27.1. The Labute approximate surface area is 410 Å². The Hall–Kier alpha value is -6.55. The third-order valence-corrected chi connectivity index (χ3v) is 14.2. The van der Waals surface area contributed by atoms with E-state index >= 15 is 0 Å². The predicted molar refractivity (Wildman–Crippen MR) is 273 cm³/mol. The summed E-state index contributed by atoms with van der Waals surface area (Å²) >= 11 is 0. The minimum absolute atomic E-state index is 0.00548. The molecule has 7 unspecified atom stereocenters. The lowest BCUT2D eigenvalue weighted by atomic mass is 9.77. The van der Waals surface area contributed by atoms with Crippen LogP contribution in [0.5, 0.6) is 17.2 Å². The Bertz CT molecular complexity index is 2800. The number of ether oxygens (including phenoxy) is 3. The summed E-state index contributed by atoms with van der Waals surface area (Å²) in [6.45, 7) is 3.81. The van der Waals surface area contributed by atoms with Gasteiger partial charge in [0.25, 0.3) is 0 Å². The molecule has 11 nitrogen and oxygen atoms in total. The first-order valence-corrected chi connectivity index (χ1v) is 24.5. The second kappa shape index (κ2) is 22.9. The van der Waals surface area contributed by atoms with Crippen LogP contribution in [-0.4, -0.2) is 68.4 Å². The van der Waals surface area contributed by atoms with E-state index in [0.29, 0.717) is 53.7 Å². The van der Waals surface area contributed by atoms with Crippen LogP contribution < -0.4 is 14.8 Å². The second-order valence-electron chi connectivity index (χ2n) is 19.2. The number of aromatic hydroxyl groups is 1. The highest BCUT2D eigenvalue weighted by Crippen LogP contribution is 2.44. The maximum atomic E-state index is 13.9. The topological polar surface area (TPSA) is 178 Å². The van der Waals surface area contributed by atoms with Crippen molar-refractivity contribution in [1.29, 1.82) is 0 Å². The molecule has 70 heavy (non-hydrogen) atoms. The molecule has 0 radical (unpaired) electrons. The van der Waals surface area contributed by atoms with Gasteiger partial charge < -0.3 is 50.2 Å². The minimum atomic E-state index is -1.84. The summed E-state index contributed by atoms with van der Waals surface area (Å²) < 4.78 is 18.4. The number of phenolic OH excluding ortho intramolecular Hbond substituents is 1. The quantitative estimate of drug-likeness (QED) is 0.0393. The van der Waals surface area contributed by atoms with Crippen molar-refractivity contribution in [3.8, 4) is 29.3 Å². The van der Waals surface area contributed by atoms with Gasteiger partial charge in [0.05, 0.1) is 19.3 Å². The first kappa shape index (κ1) is 49.9. The number of benzene rings is 5. The molecule has 0 saturated heterocycles. The smallest absolute Gasteiger partial charge is 0.178 e. The van der Waals surface area contributed by atoms with Gasteiger partial charge in [-0.2, -0.15) is 0 Å². The number of nitrogens with one attached hydrogen (secondary N) is 1. The Balaban J connectivity index is 1.03. The van der Waals surface area contributed by atoms with Gasteiger partial charge in [-0.15, -0.1) is 0 Å². The van der Waals surface area contributed by atoms with Crippen molar-refractivity contribution in [3.05, 3.63) is 159 Å². The fourth-order valence-electron chi connectivity index (χ4n) is 10.3. The molecular weight excluding hydrogens is 883 g/mol. The van der Waals surface area contributed by atoms with Gasteiger partial charge in [0.1, 0.15) is 36.1 Å². The van der Waals surface area contributed by atoms with Crippen molar-refractivity contribution >= 4 is 28.3 Å². The normalized spacial score (nSPS) is 20.3. The number of aliphatic hydroxyl groups excluding tert-OH is 4. The highest BCUT2D eigenvalue weighted by molar-refractivity contribution is 6.01. The number of hydrogen-bond donors (Lipinski definition) is 7. The van der Waals surface area contributed by atoms with E-state index < -0.39 is 18.5 Å². The largest absolute Gasteiger partial charge is 0.508 e. The first-order chi connectivity index (χ1) is 33.9. The van der Waals surface area contributed by atoms with Gasteiger partial charge in [-0.3, -0.25) is 4.79 Å². The van der Waals surface area contributed by atoms with Crippen LogP contribution in [0.25, 0.3) is 16.8 Å². The number of carbonyl (C=O) groups excluding carboxylic acids is 1. The van der Waals surface area contributed by atoms with Crippen LogP contribution in [0.1, 0.15) is 103 Å². The van der Waals surface area contributed by atoms with E-state index in [1.807, 2.05) is 67.6 Å². The van der Waals surface area contributed by atoms with E-state index in [1.54, 1.807) is 44.4 Å². The molecule has 4 aliphatic rings.